The highest BCUT2D eigenvalue weighted by Crippen LogP contribution is 2.28. The van der Waals surface area contributed by atoms with E-state index in [4.69, 9.17) is 4.74 Å². The van der Waals surface area contributed by atoms with E-state index in [0.717, 1.165) is 17.7 Å². The van der Waals surface area contributed by atoms with E-state index >= 15 is 0 Å². The first-order valence-electron chi connectivity index (χ1n) is 9.54. The normalized spacial score (nSPS) is 10.5. The average molecular weight is 414 g/mol. The molecule has 160 valence electrons. The van der Waals surface area contributed by atoms with Crippen LogP contribution in [0.15, 0.2) is 42.5 Å². The molecule has 0 atom stereocenters. The van der Waals surface area contributed by atoms with Crippen molar-refractivity contribution >= 4 is 28.9 Å². The molecule has 2 amide bonds. The number of non-ortho nitro benzene ring substituents is 1. The van der Waals surface area contributed by atoms with Crippen molar-refractivity contribution in [1.29, 1.82) is 0 Å². The molecule has 0 bridgehead atoms. The summed E-state index contributed by atoms with van der Waals surface area (Å²) in [5.41, 5.74) is 1.88. The summed E-state index contributed by atoms with van der Waals surface area (Å²) in [6, 6.07) is 11.4. The summed E-state index contributed by atoms with van der Waals surface area (Å²) in [5, 5.41) is 16.4. The van der Waals surface area contributed by atoms with Crippen molar-refractivity contribution in [2.45, 2.75) is 20.3 Å². The number of benzene rings is 2. The molecule has 2 rings (SSSR count). The fraction of sp³-hybridized carbons (Fsp3) is 0.333. The van der Waals surface area contributed by atoms with Gasteiger partial charge in [-0.2, -0.15) is 0 Å². The lowest BCUT2D eigenvalue weighted by Crippen LogP contribution is -2.39. The molecule has 0 radical (unpaired) electrons. The second-order valence-corrected chi connectivity index (χ2v) is 6.76. The number of carbonyl (C=O) groups is 2. The lowest BCUT2D eigenvalue weighted by atomic mass is 10.2. The molecular weight excluding hydrogens is 388 g/mol. The van der Waals surface area contributed by atoms with E-state index < -0.39 is 4.92 Å². The number of carbonyl (C=O) groups excluding carboxylic acids is 2. The molecule has 0 heterocycles. The van der Waals surface area contributed by atoms with Gasteiger partial charge in [-0.1, -0.05) is 25.1 Å². The van der Waals surface area contributed by atoms with E-state index in [2.05, 4.69) is 10.6 Å². The van der Waals surface area contributed by atoms with Crippen molar-refractivity contribution in [2.24, 2.45) is 0 Å². The van der Waals surface area contributed by atoms with Crippen molar-refractivity contribution in [3.05, 3.63) is 58.1 Å². The van der Waals surface area contributed by atoms with Gasteiger partial charge in [0.1, 0.15) is 5.75 Å². The highest BCUT2D eigenvalue weighted by atomic mass is 16.6. The Morgan fingerprint density at radius 2 is 1.70 bits per heavy atom. The number of nitro benzene ring substituents is 1. The van der Waals surface area contributed by atoms with Gasteiger partial charge < -0.3 is 15.4 Å². The van der Waals surface area contributed by atoms with Crippen LogP contribution in [0.5, 0.6) is 5.75 Å². The molecule has 2 N–H and O–H groups in total. The van der Waals surface area contributed by atoms with Gasteiger partial charge in [-0.05, 0) is 37.6 Å². The highest BCUT2D eigenvalue weighted by Gasteiger charge is 2.17. The zero-order valence-electron chi connectivity index (χ0n) is 17.3. The average Bonchev–Trinajstić information content (AvgIpc) is 2.70. The molecular formula is C21H26N4O5. The van der Waals surface area contributed by atoms with Gasteiger partial charge in [-0.25, -0.2) is 0 Å². The molecule has 0 aliphatic carbocycles. The number of methoxy groups -OCH3 is 1. The Hall–Kier alpha value is -3.46. The number of para-hydroxylation sites is 1. The maximum atomic E-state index is 12.5. The number of nitro groups is 1. The van der Waals surface area contributed by atoms with Gasteiger partial charge in [-0.15, -0.1) is 0 Å². The molecule has 2 aromatic rings. The standard InChI is InChI=1S/C21H26N4O5/c1-4-11-24(13-20(26)22-17-8-6-5-7-15(17)2)14-21(27)23-18-10-9-16(25(28)29)12-19(18)30-3/h5-10,12H,4,11,13-14H2,1-3H3,(H,22,26)(H,23,27). The third kappa shape index (κ3) is 6.56. The van der Waals surface area contributed by atoms with Gasteiger partial charge in [0.05, 0.1) is 36.9 Å². The predicted octanol–water partition coefficient (Wildman–Crippen LogP) is 3.20. The van der Waals surface area contributed by atoms with Crippen LogP contribution in [0.3, 0.4) is 0 Å². The van der Waals surface area contributed by atoms with E-state index in [1.54, 1.807) is 4.90 Å². The number of hydrogen-bond donors (Lipinski definition) is 2. The minimum absolute atomic E-state index is 0.00479. The van der Waals surface area contributed by atoms with E-state index in [-0.39, 0.29) is 36.3 Å². The van der Waals surface area contributed by atoms with Gasteiger partial charge >= 0.3 is 0 Å². The molecule has 0 aliphatic heterocycles. The number of nitrogens with one attached hydrogen (secondary N) is 2. The first-order chi connectivity index (χ1) is 14.3. The monoisotopic (exact) mass is 414 g/mol. The zero-order chi connectivity index (χ0) is 22.1. The summed E-state index contributed by atoms with van der Waals surface area (Å²) in [7, 11) is 1.37. The molecule has 0 saturated heterocycles. The zero-order valence-corrected chi connectivity index (χ0v) is 17.3. The van der Waals surface area contributed by atoms with Crippen LogP contribution in [0.1, 0.15) is 18.9 Å². The largest absolute Gasteiger partial charge is 0.494 e. The van der Waals surface area contributed by atoms with Crippen molar-refractivity contribution in [3.63, 3.8) is 0 Å². The number of amides is 2. The van der Waals surface area contributed by atoms with Crippen LogP contribution in [0.4, 0.5) is 17.1 Å². The molecule has 30 heavy (non-hydrogen) atoms. The highest BCUT2D eigenvalue weighted by molar-refractivity contribution is 5.95. The number of aryl methyl sites for hydroxylation is 1. The molecule has 2 aromatic carbocycles. The molecule has 0 saturated carbocycles. The predicted molar refractivity (Wildman–Crippen MR) is 115 cm³/mol. The third-order valence-electron chi connectivity index (χ3n) is 4.36. The van der Waals surface area contributed by atoms with Crippen molar-refractivity contribution in [1.82, 2.24) is 4.90 Å². The van der Waals surface area contributed by atoms with Crippen LogP contribution in [0.25, 0.3) is 0 Å². The molecule has 0 fully saturated rings. The van der Waals surface area contributed by atoms with Gasteiger partial charge in [-0.3, -0.25) is 24.6 Å². The summed E-state index contributed by atoms with van der Waals surface area (Å²) in [5.74, 6) is -0.366. The minimum Gasteiger partial charge on any atom is -0.494 e. The van der Waals surface area contributed by atoms with Crippen LogP contribution in [0, 0.1) is 17.0 Å². The summed E-state index contributed by atoms with van der Waals surface area (Å²) in [6.07, 6.45) is 0.770. The maximum Gasteiger partial charge on any atom is 0.273 e. The summed E-state index contributed by atoms with van der Waals surface area (Å²) < 4.78 is 5.13. The number of rotatable bonds is 10. The SMILES string of the molecule is CCCN(CC(=O)Nc1ccccc1C)CC(=O)Nc1ccc([N+](=O)[O-])cc1OC. The Kier molecular flexibility index (Phi) is 8.30. The smallest absolute Gasteiger partial charge is 0.273 e. The van der Waals surface area contributed by atoms with Gasteiger partial charge in [0.25, 0.3) is 5.69 Å². The third-order valence-corrected chi connectivity index (χ3v) is 4.36. The van der Waals surface area contributed by atoms with Crippen molar-refractivity contribution in [3.8, 4) is 5.75 Å². The van der Waals surface area contributed by atoms with Crippen LogP contribution in [0.2, 0.25) is 0 Å². The van der Waals surface area contributed by atoms with E-state index in [0.29, 0.717) is 12.2 Å². The van der Waals surface area contributed by atoms with Crippen LogP contribution < -0.4 is 15.4 Å². The first-order valence-corrected chi connectivity index (χ1v) is 9.54. The number of hydrogen-bond acceptors (Lipinski definition) is 6. The topological polar surface area (TPSA) is 114 Å². The second-order valence-electron chi connectivity index (χ2n) is 6.76. The molecule has 0 spiro atoms. The molecule has 0 aliphatic rings. The Bertz CT molecular complexity index is 916. The number of anilines is 2. The number of ether oxygens (including phenoxy) is 1. The second kappa shape index (κ2) is 10.9. The molecule has 0 aromatic heterocycles. The quantitative estimate of drug-likeness (QED) is 0.456. The minimum atomic E-state index is -0.538. The molecule has 9 nitrogen and oxygen atoms in total. The van der Waals surface area contributed by atoms with E-state index in [9.17, 15) is 19.7 Å². The molecule has 0 unspecified atom stereocenters. The first kappa shape index (κ1) is 22.8. The summed E-state index contributed by atoms with van der Waals surface area (Å²) >= 11 is 0. The van der Waals surface area contributed by atoms with Crippen molar-refractivity contribution in [2.75, 3.05) is 37.4 Å². The maximum absolute atomic E-state index is 12.5. The van der Waals surface area contributed by atoms with Crippen LogP contribution in [-0.2, 0) is 9.59 Å². The molecule has 9 heteroatoms. The van der Waals surface area contributed by atoms with Gasteiger partial charge in [0, 0.05) is 11.8 Å². The lowest BCUT2D eigenvalue weighted by Gasteiger charge is -2.21. The Morgan fingerprint density at radius 3 is 2.27 bits per heavy atom. The lowest BCUT2D eigenvalue weighted by molar-refractivity contribution is -0.384. The fourth-order valence-corrected chi connectivity index (χ4v) is 2.93. The number of nitrogens with zero attached hydrogens (tertiary/aromatic N) is 2. The Morgan fingerprint density at radius 1 is 1.07 bits per heavy atom. The Labute approximate surface area is 175 Å². The van der Waals surface area contributed by atoms with E-state index in [1.165, 1.54) is 25.3 Å². The summed E-state index contributed by atoms with van der Waals surface area (Å²) in [4.78, 5) is 37.0. The van der Waals surface area contributed by atoms with Crippen LogP contribution in [-0.4, -0.2) is 48.4 Å². The van der Waals surface area contributed by atoms with Gasteiger partial charge in [0.2, 0.25) is 11.8 Å². The summed E-state index contributed by atoms with van der Waals surface area (Å²) in [6.45, 7) is 4.49. The fourth-order valence-electron chi connectivity index (χ4n) is 2.93. The van der Waals surface area contributed by atoms with Crippen LogP contribution >= 0.6 is 0 Å². The van der Waals surface area contributed by atoms with Gasteiger partial charge in [0.15, 0.2) is 0 Å². The van der Waals surface area contributed by atoms with Crippen molar-refractivity contribution < 1.29 is 19.2 Å². The Balaban J connectivity index is 2.00. The van der Waals surface area contributed by atoms with E-state index in [1.807, 2.05) is 38.1 Å².